The minimum atomic E-state index is -3.28. The molecule has 1 fully saturated rings. The van der Waals surface area contributed by atoms with Crippen LogP contribution in [0.15, 0.2) is 30.3 Å². The molecule has 2 rings (SSSR count). The van der Waals surface area contributed by atoms with Gasteiger partial charge < -0.3 is 5.32 Å². The molecule has 1 aromatic carbocycles. The van der Waals surface area contributed by atoms with Crippen molar-refractivity contribution in [2.75, 3.05) is 11.5 Å². The molecule has 1 aromatic rings. The summed E-state index contributed by atoms with van der Waals surface area (Å²) >= 11 is 0. The molecule has 0 bridgehead atoms. The van der Waals surface area contributed by atoms with Gasteiger partial charge in [-0.05, 0) is 24.3 Å². The molecular formula is C16H23NO3S. The molecule has 0 spiro atoms. The third-order valence-electron chi connectivity index (χ3n) is 4.14. The average Bonchev–Trinajstić information content (AvgIpc) is 2.99. The molecule has 1 aliphatic carbocycles. The quantitative estimate of drug-likeness (QED) is 0.878. The van der Waals surface area contributed by atoms with Gasteiger partial charge in [0.1, 0.15) is 5.75 Å². The highest BCUT2D eigenvalue weighted by atomic mass is 32.2. The van der Waals surface area contributed by atoms with Gasteiger partial charge in [-0.15, -0.1) is 0 Å². The predicted molar refractivity (Wildman–Crippen MR) is 83.6 cm³/mol. The lowest BCUT2D eigenvalue weighted by Gasteiger charge is -2.25. The number of hydrogen-bond acceptors (Lipinski definition) is 3. The zero-order valence-electron chi connectivity index (χ0n) is 12.4. The summed E-state index contributed by atoms with van der Waals surface area (Å²) in [6.45, 7) is 1.56. The highest BCUT2D eigenvalue weighted by Crippen LogP contribution is 2.35. The first kappa shape index (κ1) is 16.0. The molecule has 0 heterocycles. The second kappa shape index (κ2) is 7.07. The fourth-order valence-electron chi connectivity index (χ4n) is 2.94. The zero-order valence-corrected chi connectivity index (χ0v) is 13.2. The summed E-state index contributed by atoms with van der Waals surface area (Å²) in [5.41, 5.74) is 1.06. The van der Waals surface area contributed by atoms with Crippen LogP contribution in [0.1, 0.15) is 44.2 Å². The van der Waals surface area contributed by atoms with Gasteiger partial charge in [0.25, 0.3) is 0 Å². The van der Waals surface area contributed by atoms with Crippen molar-refractivity contribution in [3.05, 3.63) is 35.9 Å². The zero-order chi connectivity index (χ0) is 15.3. The van der Waals surface area contributed by atoms with Crippen molar-refractivity contribution in [3.63, 3.8) is 0 Å². The van der Waals surface area contributed by atoms with Crippen molar-refractivity contribution in [1.29, 1.82) is 0 Å². The molecule has 0 aromatic heterocycles. The van der Waals surface area contributed by atoms with Gasteiger partial charge in [-0.1, -0.05) is 50.1 Å². The van der Waals surface area contributed by atoms with Crippen LogP contribution < -0.4 is 5.32 Å². The molecule has 1 N–H and O–H groups in total. The molecule has 21 heavy (non-hydrogen) atoms. The van der Waals surface area contributed by atoms with Gasteiger partial charge in [0.05, 0.1) is 6.04 Å². The summed E-state index contributed by atoms with van der Waals surface area (Å²) in [5, 5.41) is 2.95. The number of amides is 1. The maximum atomic E-state index is 12.1. The molecular weight excluding hydrogens is 286 g/mol. The average molecular weight is 309 g/mol. The number of sulfone groups is 1. The van der Waals surface area contributed by atoms with Crippen LogP contribution in [0.3, 0.4) is 0 Å². The van der Waals surface area contributed by atoms with E-state index in [1.165, 1.54) is 12.8 Å². The van der Waals surface area contributed by atoms with Crippen LogP contribution in [0.25, 0.3) is 0 Å². The number of carbonyl (C=O) groups is 1. The van der Waals surface area contributed by atoms with Gasteiger partial charge in [-0.2, -0.15) is 0 Å². The van der Waals surface area contributed by atoms with Crippen molar-refractivity contribution < 1.29 is 13.2 Å². The summed E-state index contributed by atoms with van der Waals surface area (Å²) in [5.74, 6) is -0.405. The summed E-state index contributed by atoms with van der Waals surface area (Å²) in [7, 11) is -3.28. The van der Waals surface area contributed by atoms with E-state index in [1.807, 2.05) is 30.3 Å². The highest BCUT2D eigenvalue weighted by Gasteiger charge is 2.28. The van der Waals surface area contributed by atoms with Crippen LogP contribution in [-0.4, -0.2) is 25.8 Å². The first-order valence-electron chi connectivity index (χ1n) is 7.56. The second-order valence-electron chi connectivity index (χ2n) is 5.68. The van der Waals surface area contributed by atoms with Gasteiger partial charge in [0.2, 0.25) is 5.91 Å². The van der Waals surface area contributed by atoms with E-state index in [2.05, 4.69) is 5.32 Å². The number of hydrogen-bond donors (Lipinski definition) is 1. The normalized spacial score (nSPS) is 17.6. The minimum Gasteiger partial charge on any atom is -0.348 e. The van der Waals surface area contributed by atoms with E-state index in [1.54, 1.807) is 6.92 Å². The van der Waals surface area contributed by atoms with Crippen LogP contribution in [0.5, 0.6) is 0 Å². The van der Waals surface area contributed by atoms with Crippen LogP contribution in [0.2, 0.25) is 0 Å². The summed E-state index contributed by atoms with van der Waals surface area (Å²) in [6, 6.07) is 9.76. The van der Waals surface area contributed by atoms with E-state index in [0.717, 1.165) is 18.4 Å². The predicted octanol–water partition coefficient (Wildman–Crippen LogP) is 2.47. The van der Waals surface area contributed by atoms with Crippen molar-refractivity contribution in [2.45, 2.75) is 38.6 Å². The van der Waals surface area contributed by atoms with E-state index < -0.39 is 21.5 Å². The number of carbonyl (C=O) groups excluding carboxylic acids is 1. The molecule has 1 aliphatic rings. The van der Waals surface area contributed by atoms with Crippen LogP contribution >= 0.6 is 0 Å². The number of rotatable bonds is 6. The fraction of sp³-hybridized carbons (Fsp3) is 0.562. The molecule has 1 atom stereocenters. The third-order valence-corrected chi connectivity index (χ3v) is 5.72. The maximum absolute atomic E-state index is 12.1. The van der Waals surface area contributed by atoms with Crippen molar-refractivity contribution in [3.8, 4) is 0 Å². The minimum absolute atomic E-state index is 0.000147. The summed E-state index contributed by atoms with van der Waals surface area (Å²) in [4.78, 5) is 12.1. The molecule has 5 heteroatoms. The van der Waals surface area contributed by atoms with Crippen molar-refractivity contribution >= 4 is 15.7 Å². The molecule has 0 saturated heterocycles. The van der Waals surface area contributed by atoms with Crippen LogP contribution in [0, 0.1) is 5.92 Å². The Kier molecular flexibility index (Phi) is 5.39. The molecule has 1 amide bonds. The SMILES string of the molecule is CCS(=O)(=O)CC(=O)NC(c1ccccc1)C1CCCC1. The Balaban J connectivity index is 2.11. The molecule has 1 unspecified atom stereocenters. The topological polar surface area (TPSA) is 63.2 Å². The van der Waals surface area contributed by atoms with Gasteiger partial charge in [0, 0.05) is 5.75 Å². The first-order chi connectivity index (χ1) is 10.0. The fourth-order valence-corrected chi connectivity index (χ4v) is 3.63. The van der Waals surface area contributed by atoms with E-state index in [4.69, 9.17) is 0 Å². The van der Waals surface area contributed by atoms with Gasteiger partial charge in [0.15, 0.2) is 9.84 Å². The first-order valence-corrected chi connectivity index (χ1v) is 9.38. The van der Waals surface area contributed by atoms with Crippen LogP contribution in [-0.2, 0) is 14.6 Å². The van der Waals surface area contributed by atoms with E-state index >= 15 is 0 Å². The van der Waals surface area contributed by atoms with E-state index in [9.17, 15) is 13.2 Å². The largest absolute Gasteiger partial charge is 0.348 e. The molecule has 0 aliphatic heterocycles. The number of benzene rings is 1. The second-order valence-corrected chi connectivity index (χ2v) is 8.03. The smallest absolute Gasteiger partial charge is 0.235 e. The molecule has 1 saturated carbocycles. The van der Waals surface area contributed by atoms with Crippen molar-refractivity contribution in [1.82, 2.24) is 5.32 Å². The highest BCUT2D eigenvalue weighted by molar-refractivity contribution is 7.92. The Morgan fingerprint density at radius 3 is 2.43 bits per heavy atom. The van der Waals surface area contributed by atoms with Gasteiger partial charge in [-0.3, -0.25) is 4.79 Å². The number of nitrogens with one attached hydrogen (secondary N) is 1. The Morgan fingerprint density at radius 2 is 1.86 bits per heavy atom. The monoisotopic (exact) mass is 309 g/mol. The summed E-state index contributed by atoms with van der Waals surface area (Å²) in [6.07, 6.45) is 4.52. The van der Waals surface area contributed by atoms with E-state index in [0.29, 0.717) is 5.92 Å². The van der Waals surface area contributed by atoms with E-state index in [-0.39, 0.29) is 11.8 Å². The molecule has 4 nitrogen and oxygen atoms in total. The summed E-state index contributed by atoms with van der Waals surface area (Å²) < 4.78 is 23.2. The lowest BCUT2D eigenvalue weighted by molar-refractivity contribution is -0.119. The maximum Gasteiger partial charge on any atom is 0.235 e. The Bertz CT molecular complexity index is 562. The standard InChI is InChI=1S/C16H23NO3S/c1-2-21(19,20)12-15(18)17-16(14-10-6-7-11-14)13-8-4-3-5-9-13/h3-5,8-9,14,16H,2,6-7,10-12H2,1H3,(H,17,18). The Hall–Kier alpha value is -1.36. The molecule has 116 valence electrons. The van der Waals surface area contributed by atoms with Gasteiger partial charge in [-0.25, -0.2) is 8.42 Å². The van der Waals surface area contributed by atoms with Crippen molar-refractivity contribution in [2.24, 2.45) is 5.92 Å². The molecule has 0 radical (unpaired) electrons. The third kappa shape index (κ3) is 4.56. The lowest BCUT2D eigenvalue weighted by Crippen LogP contribution is -2.36. The Morgan fingerprint density at radius 1 is 1.24 bits per heavy atom. The Labute approximate surface area is 126 Å². The van der Waals surface area contributed by atoms with Crippen LogP contribution in [0.4, 0.5) is 0 Å². The van der Waals surface area contributed by atoms with Gasteiger partial charge >= 0.3 is 0 Å². The lowest BCUT2D eigenvalue weighted by atomic mass is 9.91.